The van der Waals surface area contributed by atoms with Gasteiger partial charge in [-0.05, 0) is 25.7 Å². The number of aliphatic hydroxyl groups is 2. The van der Waals surface area contributed by atoms with E-state index in [1.54, 1.807) is 7.11 Å². The molecule has 1 aliphatic carbocycles. The van der Waals surface area contributed by atoms with Crippen LogP contribution in [0.3, 0.4) is 0 Å². The zero-order valence-corrected chi connectivity index (χ0v) is 8.33. The lowest BCUT2D eigenvalue weighted by Crippen LogP contribution is -2.46. The second kappa shape index (κ2) is 4.94. The Morgan fingerprint density at radius 1 is 1.46 bits per heavy atom. The molecule has 3 heteroatoms. The van der Waals surface area contributed by atoms with Gasteiger partial charge in [-0.3, -0.25) is 0 Å². The van der Waals surface area contributed by atoms with Crippen LogP contribution in [0.5, 0.6) is 0 Å². The first-order valence-electron chi connectivity index (χ1n) is 5.09. The van der Waals surface area contributed by atoms with E-state index in [2.05, 4.69) is 0 Å². The van der Waals surface area contributed by atoms with Crippen molar-refractivity contribution in [2.24, 2.45) is 0 Å². The first-order chi connectivity index (χ1) is 6.23. The third kappa shape index (κ3) is 2.66. The molecule has 0 aromatic carbocycles. The summed E-state index contributed by atoms with van der Waals surface area (Å²) in [5.74, 6) is 0. The molecule has 0 aromatic heterocycles. The van der Waals surface area contributed by atoms with E-state index in [1.807, 2.05) is 0 Å². The molecule has 0 aliphatic heterocycles. The first-order valence-corrected chi connectivity index (χ1v) is 5.09. The van der Waals surface area contributed by atoms with Crippen molar-refractivity contribution in [1.29, 1.82) is 0 Å². The molecule has 0 unspecified atom stereocenters. The summed E-state index contributed by atoms with van der Waals surface area (Å²) >= 11 is 0. The molecule has 0 heterocycles. The van der Waals surface area contributed by atoms with Gasteiger partial charge in [0.2, 0.25) is 0 Å². The van der Waals surface area contributed by atoms with Gasteiger partial charge in [0.05, 0.1) is 11.7 Å². The maximum Gasteiger partial charge on any atom is 0.0908 e. The topological polar surface area (TPSA) is 49.7 Å². The van der Waals surface area contributed by atoms with Crippen LogP contribution >= 0.6 is 0 Å². The number of rotatable bonds is 4. The van der Waals surface area contributed by atoms with Gasteiger partial charge in [0.25, 0.3) is 0 Å². The van der Waals surface area contributed by atoms with Crippen molar-refractivity contribution in [2.45, 2.75) is 50.2 Å². The standard InChI is InChI=1S/C10H20O3/c1-13-9-5-2-3-6-10(9,12)7-4-8-11/h9,11-12H,2-8H2,1H3/t9-,10+/m1/s1. The van der Waals surface area contributed by atoms with Gasteiger partial charge in [-0.1, -0.05) is 12.8 Å². The lowest BCUT2D eigenvalue weighted by Gasteiger charge is -2.39. The van der Waals surface area contributed by atoms with E-state index < -0.39 is 5.60 Å². The minimum Gasteiger partial charge on any atom is -0.396 e. The second-order valence-corrected chi connectivity index (χ2v) is 3.90. The Balaban J connectivity index is 2.49. The van der Waals surface area contributed by atoms with Crippen molar-refractivity contribution >= 4 is 0 Å². The van der Waals surface area contributed by atoms with Gasteiger partial charge < -0.3 is 14.9 Å². The fourth-order valence-electron chi connectivity index (χ4n) is 2.20. The van der Waals surface area contributed by atoms with E-state index in [4.69, 9.17) is 9.84 Å². The largest absolute Gasteiger partial charge is 0.396 e. The molecule has 1 aliphatic rings. The molecule has 0 aromatic rings. The van der Waals surface area contributed by atoms with E-state index in [9.17, 15) is 5.11 Å². The minimum absolute atomic E-state index is 0.0344. The Bertz CT molecular complexity index is 149. The summed E-state index contributed by atoms with van der Waals surface area (Å²) in [6.07, 6.45) is 5.25. The number of hydrogen-bond acceptors (Lipinski definition) is 3. The van der Waals surface area contributed by atoms with E-state index >= 15 is 0 Å². The fourth-order valence-corrected chi connectivity index (χ4v) is 2.20. The van der Waals surface area contributed by atoms with Crippen molar-refractivity contribution < 1.29 is 14.9 Å². The molecule has 0 radical (unpaired) electrons. The molecular formula is C10H20O3. The van der Waals surface area contributed by atoms with Gasteiger partial charge >= 0.3 is 0 Å². The normalized spacial score (nSPS) is 34.8. The zero-order valence-electron chi connectivity index (χ0n) is 8.33. The quantitative estimate of drug-likeness (QED) is 0.694. The summed E-state index contributed by atoms with van der Waals surface area (Å²) in [7, 11) is 1.65. The van der Waals surface area contributed by atoms with Crippen molar-refractivity contribution in [3.05, 3.63) is 0 Å². The average Bonchev–Trinajstić information content (AvgIpc) is 2.16. The highest BCUT2D eigenvalue weighted by molar-refractivity contribution is 4.90. The maximum absolute atomic E-state index is 10.2. The molecule has 3 nitrogen and oxygen atoms in total. The lowest BCUT2D eigenvalue weighted by molar-refractivity contribution is -0.122. The number of methoxy groups -OCH3 is 1. The van der Waals surface area contributed by atoms with E-state index in [-0.39, 0.29) is 12.7 Å². The monoisotopic (exact) mass is 188 g/mol. The van der Waals surface area contributed by atoms with Crippen molar-refractivity contribution in [1.82, 2.24) is 0 Å². The second-order valence-electron chi connectivity index (χ2n) is 3.90. The molecule has 1 fully saturated rings. The first kappa shape index (κ1) is 11.0. The highest BCUT2D eigenvalue weighted by Gasteiger charge is 2.38. The van der Waals surface area contributed by atoms with Crippen molar-refractivity contribution in [3.8, 4) is 0 Å². The van der Waals surface area contributed by atoms with Crippen LogP contribution < -0.4 is 0 Å². The van der Waals surface area contributed by atoms with Gasteiger partial charge in [0.1, 0.15) is 0 Å². The highest BCUT2D eigenvalue weighted by Crippen LogP contribution is 2.33. The Morgan fingerprint density at radius 3 is 2.85 bits per heavy atom. The van der Waals surface area contributed by atoms with Crippen LogP contribution in [0.4, 0.5) is 0 Å². The Morgan fingerprint density at radius 2 is 2.23 bits per heavy atom. The third-order valence-electron chi connectivity index (χ3n) is 2.98. The summed E-state index contributed by atoms with van der Waals surface area (Å²) < 4.78 is 5.27. The maximum atomic E-state index is 10.2. The van der Waals surface area contributed by atoms with Crippen LogP contribution in [0, 0.1) is 0 Å². The van der Waals surface area contributed by atoms with E-state index in [0.29, 0.717) is 12.8 Å². The van der Waals surface area contributed by atoms with Gasteiger partial charge in [-0.2, -0.15) is 0 Å². The van der Waals surface area contributed by atoms with Gasteiger partial charge in [0, 0.05) is 13.7 Å². The number of hydrogen-bond donors (Lipinski definition) is 2. The van der Waals surface area contributed by atoms with Gasteiger partial charge in [-0.15, -0.1) is 0 Å². The molecular weight excluding hydrogens is 168 g/mol. The number of ether oxygens (including phenoxy) is 1. The third-order valence-corrected chi connectivity index (χ3v) is 2.98. The van der Waals surface area contributed by atoms with Crippen LogP contribution in [0.15, 0.2) is 0 Å². The SMILES string of the molecule is CO[C@@H]1CCCC[C@]1(O)CCCO. The van der Waals surface area contributed by atoms with Crippen LogP contribution in [0.1, 0.15) is 38.5 Å². The van der Waals surface area contributed by atoms with Crippen molar-refractivity contribution in [3.63, 3.8) is 0 Å². The predicted molar refractivity (Wildman–Crippen MR) is 50.5 cm³/mol. The average molecular weight is 188 g/mol. The Labute approximate surface area is 79.7 Å². The smallest absolute Gasteiger partial charge is 0.0908 e. The van der Waals surface area contributed by atoms with Crippen LogP contribution in [-0.2, 0) is 4.74 Å². The van der Waals surface area contributed by atoms with Crippen LogP contribution in [0.25, 0.3) is 0 Å². The number of aliphatic hydroxyl groups excluding tert-OH is 1. The minimum atomic E-state index is -0.685. The fraction of sp³-hybridized carbons (Fsp3) is 1.00. The Hall–Kier alpha value is -0.120. The molecule has 0 spiro atoms. The van der Waals surface area contributed by atoms with Crippen LogP contribution in [-0.4, -0.2) is 35.6 Å². The molecule has 1 rings (SSSR count). The molecule has 0 amide bonds. The molecule has 2 atom stereocenters. The Kier molecular flexibility index (Phi) is 4.16. The molecule has 0 saturated heterocycles. The summed E-state index contributed by atoms with van der Waals surface area (Å²) in [6, 6.07) is 0. The van der Waals surface area contributed by atoms with Crippen LogP contribution in [0.2, 0.25) is 0 Å². The summed E-state index contributed by atoms with van der Waals surface area (Å²) in [6.45, 7) is 0.152. The predicted octanol–water partition coefficient (Wildman–Crippen LogP) is 1.08. The zero-order chi connectivity index (χ0) is 9.73. The lowest BCUT2D eigenvalue weighted by atomic mass is 9.79. The molecule has 78 valence electrons. The molecule has 0 bridgehead atoms. The molecule has 1 saturated carbocycles. The summed E-state index contributed by atoms with van der Waals surface area (Å²) in [5.41, 5.74) is -0.685. The molecule has 13 heavy (non-hydrogen) atoms. The van der Waals surface area contributed by atoms with Crippen molar-refractivity contribution in [2.75, 3.05) is 13.7 Å². The summed E-state index contributed by atoms with van der Waals surface area (Å²) in [4.78, 5) is 0. The molecule has 2 N–H and O–H groups in total. The highest BCUT2D eigenvalue weighted by atomic mass is 16.5. The van der Waals surface area contributed by atoms with Gasteiger partial charge in [-0.25, -0.2) is 0 Å². The van der Waals surface area contributed by atoms with E-state index in [0.717, 1.165) is 25.7 Å². The summed E-state index contributed by atoms with van der Waals surface area (Å²) in [5, 5.41) is 18.9. The van der Waals surface area contributed by atoms with E-state index in [1.165, 1.54) is 0 Å². The van der Waals surface area contributed by atoms with Gasteiger partial charge in [0.15, 0.2) is 0 Å².